The molecule has 0 heterocycles. The Bertz CT molecular complexity index is 1620. The molecule has 4 aromatic rings. The van der Waals surface area contributed by atoms with E-state index in [1.54, 1.807) is 78.9 Å². The van der Waals surface area contributed by atoms with Crippen molar-refractivity contribution in [1.82, 2.24) is 0 Å². The van der Waals surface area contributed by atoms with Gasteiger partial charge in [0.15, 0.2) is 11.5 Å². The number of hydrogen-bond acceptors (Lipinski definition) is 6. The van der Waals surface area contributed by atoms with E-state index in [2.05, 4.69) is 10.6 Å². The highest BCUT2D eigenvalue weighted by Gasteiger charge is 2.17. The molecule has 4 aromatic carbocycles. The molecule has 0 aliphatic heterocycles. The number of carbonyl (C=O) groups excluding carboxylic acids is 2. The van der Waals surface area contributed by atoms with Crippen LogP contribution in [-0.4, -0.2) is 32.1 Å². The Kier molecular flexibility index (Phi) is 11.5. The average molecular weight is 636 g/mol. The van der Waals surface area contributed by atoms with Crippen molar-refractivity contribution in [2.75, 3.05) is 31.0 Å². The van der Waals surface area contributed by atoms with Crippen LogP contribution in [0, 0.1) is 0 Å². The number of benzene rings is 4. The normalized spacial score (nSPS) is 10.8. The predicted molar refractivity (Wildman–Crippen MR) is 175 cm³/mol. The average Bonchev–Trinajstić information content (AvgIpc) is 3.02. The van der Waals surface area contributed by atoms with E-state index in [9.17, 15) is 9.59 Å². The number of rotatable bonds is 13. The van der Waals surface area contributed by atoms with Gasteiger partial charge in [-0.05, 0) is 61.9 Å². The van der Waals surface area contributed by atoms with Crippen LogP contribution in [0.15, 0.2) is 84.9 Å². The van der Waals surface area contributed by atoms with Crippen molar-refractivity contribution in [3.63, 3.8) is 0 Å². The van der Waals surface area contributed by atoms with Crippen LogP contribution in [0.25, 0.3) is 6.08 Å². The third-order valence-corrected chi connectivity index (χ3v) is 6.98. The molecule has 10 heteroatoms. The van der Waals surface area contributed by atoms with Crippen molar-refractivity contribution in [3.05, 3.63) is 112 Å². The second-order valence-corrected chi connectivity index (χ2v) is 10.1. The zero-order valence-corrected chi connectivity index (χ0v) is 26.0. The highest BCUT2D eigenvalue weighted by atomic mass is 35.5. The van der Waals surface area contributed by atoms with Gasteiger partial charge in [0.05, 0.1) is 31.7 Å². The highest BCUT2D eigenvalue weighted by Crippen LogP contribution is 2.37. The molecule has 0 saturated carbocycles. The lowest BCUT2D eigenvalue weighted by Crippen LogP contribution is -2.14. The Labute approximate surface area is 266 Å². The third-order valence-electron chi connectivity index (χ3n) is 6.27. The van der Waals surface area contributed by atoms with Crippen LogP contribution in [0.5, 0.6) is 23.0 Å². The smallest absolute Gasteiger partial charge is 0.255 e. The standard InChI is InChI=1S/C34H32Cl2N2O6/c1-4-42-30-20-28(38-34(40)23-10-7-6-8-11-23)31(43-5-2)19-27(30)37-33(39)17-15-22-14-16-29(32(18-22)41-3)44-21-24-25(35)12-9-13-26(24)36/h6-20H,4-5,21H2,1-3H3,(H,37,39)(H,38,40)/b17-15+. The Hall–Kier alpha value is -4.66. The maximum atomic E-state index is 13.0. The number of ether oxygens (including phenoxy) is 4. The lowest BCUT2D eigenvalue weighted by Gasteiger charge is -2.17. The first-order chi connectivity index (χ1) is 21.3. The summed E-state index contributed by atoms with van der Waals surface area (Å²) >= 11 is 12.5. The summed E-state index contributed by atoms with van der Waals surface area (Å²) < 4.78 is 23.0. The first-order valence-corrected chi connectivity index (χ1v) is 14.6. The van der Waals surface area contributed by atoms with Crippen LogP contribution < -0.4 is 29.6 Å². The second-order valence-electron chi connectivity index (χ2n) is 9.25. The quantitative estimate of drug-likeness (QED) is 0.144. The minimum atomic E-state index is -0.401. The van der Waals surface area contributed by atoms with Gasteiger partial charge in [0, 0.05) is 39.4 Å². The largest absolute Gasteiger partial charge is 0.493 e. The van der Waals surface area contributed by atoms with Crippen LogP contribution in [-0.2, 0) is 11.4 Å². The SMILES string of the molecule is CCOc1cc(NC(=O)c2ccccc2)c(OCC)cc1NC(=O)/C=C/c1ccc(OCc2c(Cl)cccc2Cl)c(OC)c1. The van der Waals surface area contributed by atoms with Gasteiger partial charge >= 0.3 is 0 Å². The fraction of sp³-hybridized carbons (Fsp3) is 0.176. The van der Waals surface area contributed by atoms with E-state index < -0.39 is 5.91 Å². The van der Waals surface area contributed by atoms with Gasteiger partial charge in [-0.25, -0.2) is 0 Å². The number of hydrogen-bond donors (Lipinski definition) is 2. The summed E-state index contributed by atoms with van der Waals surface area (Å²) in [6, 6.07) is 22.6. The summed E-state index contributed by atoms with van der Waals surface area (Å²) in [7, 11) is 1.53. The molecule has 8 nitrogen and oxygen atoms in total. The van der Waals surface area contributed by atoms with Crippen molar-refractivity contribution in [2.45, 2.75) is 20.5 Å². The predicted octanol–water partition coefficient (Wildman–Crippen LogP) is 8.28. The van der Waals surface area contributed by atoms with E-state index in [0.717, 1.165) is 0 Å². The molecular formula is C34H32Cl2N2O6. The topological polar surface area (TPSA) is 95.1 Å². The van der Waals surface area contributed by atoms with Gasteiger partial charge in [0.1, 0.15) is 18.1 Å². The van der Waals surface area contributed by atoms with Gasteiger partial charge in [0.2, 0.25) is 5.91 Å². The molecule has 0 fully saturated rings. The van der Waals surface area contributed by atoms with Crippen molar-refractivity contribution in [2.24, 2.45) is 0 Å². The van der Waals surface area contributed by atoms with E-state index in [1.165, 1.54) is 13.2 Å². The highest BCUT2D eigenvalue weighted by molar-refractivity contribution is 6.35. The number of methoxy groups -OCH3 is 1. The fourth-order valence-electron chi connectivity index (χ4n) is 4.16. The third kappa shape index (κ3) is 8.46. The van der Waals surface area contributed by atoms with Crippen LogP contribution >= 0.6 is 23.2 Å². The maximum absolute atomic E-state index is 13.0. The van der Waals surface area contributed by atoms with Crippen molar-refractivity contribution < 1.29 is 28.5 Å². The summed E-state index contributed by atoms with van der Waals surface area (Å²) in [5.74, 6) is 1.04. The number of nitrogens with one attached hydrogen (secondary N) is 2. The number of halogens is 2. The molecule has 2 N–H and O–H groups in total. The summed E-state index contributed by atoms with van der Waals surface area (Å²) in [5, 5.41) is 6.73. The zero-order chi connectivity index (χ0) is 31.5. The van der Waals surface area contributed by atoms with Gasteiger partial charge in [-0.2, -0.15) is 0 Å². The molecule has 0 aromatic heterocycles. The van der Waals surface area contributed by atoms with Gasteiger partial charge in [-0.3, -0.25) is 9.59 Å². The molecule has 0 spiro atoms. The summed E-state index contributed by atoms with van der Waals surface area (Å²) in [6.45, 7) is 4.51. The molecule has 0 unspecified atom stereocenters. The minimum absolute atomic E-state index is 0.160. The molecule has 228 valence electrons. The van der Waals surface area contributed by atoms with Gasteiger partial charge in [0.25, 0.3) is 5.91 Å². The number of carbonyl (C=O) groups is 2. The molecule has 2 amide bonds. The lowest BCUT2D eigenvalue weighted by atomic mass is 10.1. The maximum Gasteiger partial charge on any atom is 0.255 e. The number of amides is 2. The van der Waals surface area contributed by atoms with Crippen molar-refractivity contribution >= 4 is 52.5 Å². The van der Waals surface area contributed by atoms with E-state index in [-0.39, 0.29) is 12.5 Å². The van der Waals surface area contributed by atoms with Crippen molar-refractivity contribution in [3.8, 4) is 23.0 Å². The fourth-order valence-corrected chi connectivity index (χ4v) is 4.67. The van der Waals surface area contributed by atoms with E-state index in [4.69, 9.17) is 42.1 Å². The molecule has 0 atom stereocenters. The van der Waals surface area contributed by atoms with E-state index in [1.807, 2.05) is 19.9 Å². The molecule has 0 aliphatic carbocycles. The Morgan fingerprint density at radius 2 is 1.36 bits per heavy atom. The molecule has 0 aliphatic rings. The minimum Gasteiger partial charge on any atom is -0.493 e. The van der Waals surface area contributed by atoms with Crippen LogP contribution in [0.2, 0.25) is 10.0 Å². The summed E-state index contributed by atoms with van der Waals surface area (Å²) in [6.07, 6.45) is 3.03. The van der Waals surface area contributed by atoms with Crippen LogP contribution in [0.1, 0.15) is 35.3 Å². The van der Waals surface area contributed by atoms with Crippen LogP contribution in [0.4, 0.5) is 11.4 Å². The first kappa shape index (κ1) is 32.3. The molecule has 44 heavy (non-hydrogen) atoms. The second kappa shape index (κ2) is 15.7. The molecule has 0 radical (unpaired) electrons. The molecule has 4 rings (SSSR count). The van der Waals surface area contributed by atoms with E-state index in [0.29, 0.717) is 74.3 Å². The summed E-state index contributed by atoms with van der Waals surface area (Å²) in [4.78, 5) is 25.8. The number of anilines is 2. The molecular weight excluding hydrogens is 603 g/mol. The van der Waals surface area contributed by atoms with E-state index >= 15 is 0 Å². The van der Waals surface area contributed by atoms with Crippen LogP contribution in [0.3, 0.4) is 0 Å². The van der Waals surface area contributed by atoms with Gasteiger partial charge < -0.3 is 29.6 Å². The van der Waals surface area contributed by atoms with Crippen molar-refractivity contribution in [1.29, 1.82) is 0 Å². The Morgan fingerprint density at radius 1 is 0.727 bits per heavy atom. The van der Waals surface area contributed by atoms with Gasteiger partial charge in [-0.1, -0.05) is 53.5 Å². The summed E-state index contributed by atoms with van der Waals surface area (Å²) in [5.41, 5.74) is 2.69. The monoisotopic (exact) mass is 634 g/mol. The Morgan fingerprint density at radius 3 is 1.98 bits per heavy atom. The molecule has 0 bridgehead atoms. The Balaban J connectivity index is 1.49. The molecule has 0 saturated heterocycles. The zero-order valence-electron chi connectivity index (χ0n) is 24.5. The van der Waals surface area contributed by atoms with Gasteiger partial charge in [-0.15, -0.1) is 0 Å². The first-order valence-electron chi connectivity index (χ1n) is 13.9. The lowest BCUT2D eigenvalue weighted by molar-refractivity contribution is -0.111.